The topological polar surface area (TPSA) is 71.7 Å². The third-order valence-corrected chi connectivity index (χ3v) is 3.84. The lowest BCUT2D eigenvalue weighted by atomic mass is 10.2. The van der Waals surface area contributed by atoms with Crippen molar-refractivity contribution in [3.63, 3.8) is 0 Å². The molecular formula is C14H26N4O2. The monoisotopic (exact) mass is 282 g/mol. The summed E-state index contributed by atoms with van der Waals surface area (Å²) in [6, 6.07) is 0. The van der Waals surface area contributed by atoms with Crippen LogP contribution >= 0.6 is 0 Å². The fraction of sp³-hybridized carbons (Fsp3) is 0.857. The van der Waals surface area contributed by atoms with Gasteiger partial charge in [0.25, 0.3) is 0 Å². The molecule has 0 radical (unpaired) electrons. The molecule has 0 aromatic heterocycles. The molecule has 0 fully saturated rings. The molecule has 0 aromatic carbocycles. The summed E-state index contributed by atoms with van der Waals surface area (Å²) >= 11 is 0. The average Bonchev–Trinajstić information content (AvgIpc) is 3.06. The van der Waals surface area contributed by atoms with E-state index in [1.165, 1.54) is 0 Å². The summed E-state index contributed by atoms with van der Waals surface area (Å²) in [5.74, 6) is 2.13. The molecule has 114 valence electrons. The number of hydrogen-bond acceptors (Lipinski definition) is 6. The SMILES string of the molecule is OCCC1=NCCN1CCCCN1CCN=C1CCO. The Kier molecular flexibility index (Phi) is 6.26. The van der Waals surface area contributed by atoms with Crippen LogP contribution in [0.2, 0.25) is 0 Å². The second-order valence-corrected chi connectivity index (χ2v) is 5.22. The first kappa shape index (κ1) is 15.3. The van der Waals surface area contributed by atoms with E-state index in [2.05, 4.69) is 19.8 Å². The maximum atomic E-state index is 8.99. The number of aliphatic hydroxyl groups is 2. The van der Waals surface area contributed by atoms with Crippen molar-refractivity contribution in [1.82, 2.24) is 9.80 Å². The van der Waals surface area contributed by atoms with Gasteiger partial charge in [0, 0.05) is 39.0 Å². The summed E-state index contributed by atoms with van der Waals surface area (Å²) in [5, 5.41) is 18.0. The predicted molar refractivity (Wildman–Crippen MR) is 80.4 cm³/mol. The Hall–Kier alpha value is -1.14. The highest BCUT2D eigenvalue weighted by Crippen LogP contribution is 2.09. The van der Waals surface area contributed by atoms with Crippen LogP contribution < -0.4 is 0 Å². The van der Waals surface area contributed by atoms with Crippen LogP contribution in [0.1, 0.15) is 25.7 Å². The van der Waals surface area contributed by atoms with E-state index < -0.39 is 0 Å². The summed E-state index contributed by atoms with van der Waals surface area (Å²) in [7, 11) is 0. The van der Waals surface area contributed by atoms with Crippen LogP contribution in [0.4, 0.5) is 0 Å². The van der Waals surface area contributed by atoms with Gasteiger partial charge in [-0.05, 0) is 12.8 Å². The van der Waals surface area contributed by atoms with Crippen LogP contribution in [0.25, 0.3) is 0 Å². The van der Waals surface area contributed by atoms with Crippen molar-refractivity contribution in [2.75, 3.05) is 52.5 Å². The van der Waals surface area contributed by atoms with Crippen LogP contribution in [0, 0.1) is 0 Å². The van der Waals surface area contributed by atoms with E-state index >= 15 is 0 Å². The molecule has 0 bridgehead atoms. The van der Waals surface area contributed by atoms with Gasteiger partial charge >= 0.3 is 0 Å². The molecule has 6 heteroatoms. The van der Waals surface area contributed by atoms with Crippen molar-refractivity contribution >= 4 is 11.7 Å². The molecule has 2 aliphatic rings. The molecule has 2 rings (SSSR count). The molecule has 0 aromatic rings. The van der Waals surface area contributed by atoms with E-state index in [-0.39, 0.29) is 13.2 Å². The molecule has 0 amide bonds. The average molecular weight is 282 g/mol. The molecule has 2 heterocycles. The standard InChI is InChI=1S/C14H26N4O2/c19-11-3-13-15-5-9-17(13)7-1-2-8-18-10-6-16-14(18)4-12-20/h19-20H,1-12H2. The number of aliphatic hydroxyl groups excluding tert-OH is 2. The Morgan fingerprint density at radius 2 is 1.25 bits per heavy atom. The van der Waals surface area contributed by atoms with E-state index in [4.69, 9.17) is 10.2 Å². The van der Waals surface area contributed by atoms with Crippen LogP contribution in [-0.4, -0.2) is 84.2 Å². The number of hydrogen-bond donors (Lipinski definition) is 2. The van der Waals surface area contributed by atoms with Crippen LogP contribution in [0.15, 0.2) is 9.98 Å². The second kappa shape index (κ2) is 8.21. The number of aliphatic imine (C=N–C) groups is 2. The molecule has 2 aliphatic heterocycles. The van der Waals surface area contributed by atoms with Crippen molar-refractivity contribution in [3.8, 4) is 0 Å². The molecule has 0 aliphatic carbocycles. The number of nitrogens with zero attached hydrogens (tertiary/aromatic N) is 4. The molecule has 0 saturated heterocycles. The largest absolute Gasteiger partial charge is 0.396 e. The normalized spacial score (nSPS) is 18.7. The molecule has 0 atom stereocenters. The first-order valence-electron chi connectivity index (χ1n) is 7.63. The van der Waals surface area contributed by atoms with Crippen LogP contribution in [0.3, 0.4) is 0 Å². The fourth-order valence-electron chi connectivity index (χ4n) is 2.82. The van der Waals surface area contributed by atoms with Gasteiger partial charge in [-0.3, -0.25) is 9.98 Å². The molecule has 0 saturated carbocycles. The maximum Gasteiger partial charge on any atom is 0.101 e. The van der Waals surface area contributed by atoms with Gasteiger partial charge in [0.05, 0.1) is 26.3 Å². The highest BCUT2D eigenvalue weighted by molar-refractivity contribution is 5.84. The Morgan fingerprint density at radius 3 is 1.65 bits per heavy atom. The van der Waals surface area contributed by atoms with Gasteiger partial charge in [-0.25, -0.2) is 0 Å². The first-order chi connectivity index (χ1) is 9.85. The van der Waals surface area contributed by atoms with Gasteiger partial charge in [-0.1, -0.05) is 0 Å². The molecule has 2 N–H and O–H groups in total. The quantitative estimate of drug-likeness (QED) is 0.582. The summed E-state index contributed by atoms with van der Waals surface area (Å²) in [6.45, 7) is 6.16. The predicted octanol–water partition coefficient (Wildman–Crippen LogP) is -0.0404. The van der Waals surface area contributed by atoms with Crippen molar-refractivity contribution in [2.24, 2.45) is 9.98 Å². The highest BCUT2D eigenvalue weighted by Gasteiger charge is 2.17. The van der Waals surface area contributed by atoms with Gasteiger partial charge in [-0.2, -0.15) is 0 Å². The van der Waals surface area contributed by atoms with Gasteiger partial charge in [0.1, 0.15) is 11.7 Å². The van der Waals surface area contributed by atoms with Crippen LogP contribution in [-0.2, 0) is 0 Å². The van der Waals surface area contributed by atoms with Crippen molar-refractivity contribution in [2.45, 2.75) is 25.7 Å². The zero-order chi connectivity index (χ0) is 14.2. The third-order valence-electron chi connectivity index (χ3n) is 3.84. The summed E-state index contributed by atoms with van der Waals surface area (Å²) < 4.78 is 0. The maximum absolute atomic E-state index is 8.99. The Balaban J connectivity index is 1.62. The number of amidine groups is 2. The highest BCUT2D eigenvalue weighted by atomic mass is 16.3. The van der Waals surface area contributed by atoms with E-state index in [1.54, 1.807) is 0 Å². The van der Waals surface area contributed by atoms with Crippen LogP contribution in [0.5, 0.6) is 0 Å². The second-order valence-electron chi connectivity index (χ2n) is 5.22. The van der Waals surface area contributed by atoms with Crippen molar-refractivity contribution < 1.29 is 10.2 Å². The van der Waals surface area contributed by atoms with E-state index in [0.717, 1.165) is 63.8 Å². The van der Waals surface area contributed by atoms with Gasteiger partial charge in [-0.15, -0.1) is 0 Å². The first-order valence-corrected chi connectivity index (χ1v) is 7.63. The molecule has 6 nitrogen and oxygen atoms in total. The third kappa shape index (κ3) is 4.18. The minimum Gasteiger partial charge on any atom is -0.396 e. The lowest BCUT2D eigenvalue weighted by Crippen LogP contribution is -2.32. The molecular weight excluding hydrogens is 256 g/mol. The summed E-state index contributed by atoms with van der Waals surface area (Å²) in [6.07, 6.45) is 3.62. The Morgan fingerprint density at radius 1 is 0.800 bits per heavy atom. The lowest BCUT2D eigenvalue weighted by Gasteiger charge is -2.22. The summed E-state index contributed by atoms with van der Waals surface area (Å²) in [4.78, 5) is 13.4. The Bertz CT molecular complexity index is 323. The van der Waals surface area contributed by atoms with Gasteiger partial charge in [0.2, 0.25) is 0 Å². The fourth-order valence-corrected chi connectivity index (χ4v) is 2.82. The number of unbranched alkanes of at least 4 members (excludes halogenated alkanes) is 1. The van der Waals surface area contributed by atoms with Gasteiger partial charge in [0.15, 0.2) is 0 Å². The lowest BCUT2D eigenvalue weighted by molar-refractivity contribution is 0.297. The van der Waals surface area contributed by atoms with E-state index in [0.29, 0.717) is 12.8 Å². The zero-order valence-electron chi connectivity index (χ0n) is 12.2. The zero-order valence-corrected chi connectivity index (χ0v) is 12.2. The van der Waals surface area contributed by atoms with Crippen molar-refractivity contribution in [1.29, 1.82) is 0 Å². The molecule has 0 spiro atoms. The van der Waals surface area contributed by atoms with E-state index in [9.17, 15) is 0 Å². The van der Waals surface area contributed by atoms with E-state index in [1.807, 2.05) is 0 Å². The Labute approximate surface area is 120 Å². The molecule has 20 heavy (non-hydrogen) atoms. The summed E-state index contributed by atoms with van der Waals surface area (Å²) in [5.41, 5.74) is 0. The van der Waals surface area contributed by atoms with Crippen molar-refractivity contribution in [3.05, 3.63) is 0 Å². The van der Waals surface area contributed by atoms with Gasteiger partial charge < -0.3 is 20.0 Å². The number of rotatable bonds is 9. The smallest absolute Gasteiger partial charge is 0.101 e. The molecule has 0 unspecified atom stereocenters. The minimum absolute atomic E-state index is 0.185. The minimum atomic E-state index is 0.185.